The van der Waals surface area contributed by atoms with E-state index in [4.69, 9.17) is 4.74 Å². The maximum absolute atomic E-state index is 9.52. The highest BCUT2D eigenvalue weighted by Gasteiger charge is 2.30. The Morgan fingerprint density at radius 1 is 1.42 bits per heavy atom. The largest absolute Gasteiger partial charge is 0.390 e. The highest BCUT2D eigenvalue weighted by Crippen LogP contribution is 2.17. The molecule has 12 heavy (non-hydrogen) atoms. The smallest absolute Gasteiger partial charge is 0.107 e. The first-order chi connectivity index (χ1) is 5.86. The van der Waals surface area contributed by atoms with Crippen LogP contribution in [-0.4, -0.2) is 23.9 Å². The number of aliphatic hydroxyl groups is 1. The van der Waals surface area contributed by atoms with Crippen molar-refractivity contribution in [3.63, 3.8) is 0 Å². The van der Waals surface area contributed by atoms with Crippen LogP contribution in [0.15, 0.2) is 30.3 Å². The Morgan fingerprint density at radius 3 is 2.67 bits per heavy atom. The van der Waals surface area contributed by atoms with Crippen molar-refractivity contribution < 1.29 is 9.84 Å². The number of epoxide rings is 1. The van der Waals surface area contributed by atoms with Crippen LogP contribution in [0, 0.1) is 0 Å². The fraction of sp³-hybridized carbons (Fsp3) is 0.400. The third kappa shape index (κ3) is 1.84. The van der Waals surface area contributed by atoms with Crippen LogP contribution < -0.4 is 0 Å². The Bertz CT molecular complexity index is 241. The number of rotatable bonds is 3. The molecule has 0 spiro atoms. The van der Waals surface area contributed by atoms with Crippen molar-refractivity contribution in [2.24, 2.45) is 0 Å². The molecular formula is C10H12O2. The second-order valence-corrected chi connectivity index (χ2v) is 3.13. The van der Waals surface area contributed by atoms with Crippen LogP contribution >= 0.6 is 0 Å². The number of benzene rings is 1. The predicted octanol–water partition coefficient (Wildman–Crippen LogP) is 0.989. The molecule has 0 aliphatic carbocycles. The van der Waals surface area contributed by atoms with Crippen molar-refractivity contribution >= 4 is 0 Å². The minimum absolute atomic E-state index is 0.0882. The summed E-state index contributed by atoms with van der Waals surface area (Å²) >= 11 is 0. The Hall–Kier alpha value is -0.860. The summed E-state index contributed by atoms with van der Waals surface area (Å²) < 4.78 is 4.99. The highest BCUT2D eigenvalue weighted by molar-refractivity contribution is 5.16. The summed E-state index contributed by atoms with van der Waals surface area (Å²) in [5.74, 6) is 0. The summed E-state index contributed by atoms with van der Waals surface area (Å²) in [5.41, 5.74) is 1.17. The molecule has 1 N–H and O–H groups in total. The lowest BCUT2D eigenvalue weighted by Gasteiger charge is -2.06. The topological polar surface area (TPSA) is 32.8 Å². The van der Waals surface area contributed by atoms with E-state index in [-0.39, 0.29) is 12.2 Å². The fourth-order valence-electron chi connectivity index (χ4n) is 1.26. The molecule has 1 saturated heterocycles. The van der Waals surface area contributed by atoms with Gasteiger partial charge in [0.05, 0.1) is 12.7 Å². The molecule has 2 rings (SSSR count). The van der Waals surface area contributed by atoms with Gasteiger partial charge in [-0.1, -0.05) is 30.3 Å². The van der Waals surface area contributed by atoms with Crippen molar-refractivity contribution in [2.45, 2.75) is 18.6 Å². The van der Waals surface area contributed by atoms with Gasteiger partial charge in [0, 0.05) is 6.42 Å². The van der Waals surface area contributed by atoms with Crippen LogP contribution in [-0.2, 0) is 11.2 Å². The van der Waals surface area contributed by atoms with Crippen molar-refractivity contribution in [3.05, 3.63) is 35.9 Å². The lowest BCUT2D eigenvalue weighted by atomic mass is 10.1. The Kier molecular flexibility index (Phi) is 2.11. The zero-order chi connectivity index (χ0) is 8.39. The van der Waals surface area contributed by atoms with E-state index in [1.54, 1.807) is 0 Å². The summed E-state index contributed by atoms with van der Waals surface area (Å²) in [6.07, 6.45) is 0.462. The van der Waals surface area contributed by atoms with E-state index in [0.29, 0.717) is 13.0 Å². The molecule has 1 aromatic carbocycles. The SMILES string of the molecule is O[C@H](Cc1ccccc1)[C@H]1CO1. The number of aliphatic hydroxyl groups excluding tert-OH is 1. The molecule has 0 radical (unpaired) electrons. The van der Waals surface area contributed by atoms with E-state index in [1.165, 1.54) is 5.56 Å². The van der Waals surface area contributed by atoms with E-state index in [9.17, 15) is 5.11 Å². The molecule has 0 amide bonds. The third-order valence-corrected chi connectivity index (χ3v) is 2.08. The van der Waals surface area contributed by atoms with Crippen molar-refractivity contribution in [1.82, 2.24) is 0 Å². The van der Waals surface area contributed by atoms with Crippen LogP contribution in [0.25, 0.3) is 0 Å². The first-order valence-corrected chi connectivity index (χ1v) is 4.20. The molecule has 1 heterocycles. The fourth-order valence-corrected chi connectivity index (χ4v) is 1.26. The highest BCUT2D eigenvalue weighted by atomic mass is 16.6. The van der Waals surface area contributed by atoms with Crippen molar-refractivity contribution in [2.75, 3.05) is 6.61 Å². The quantitative estimate of drug-likeness (QED) is 0.676. The van der Waals surface area contributed by atoms with Crippen LogP contribution in [0.1, 0.15) is 5.56 Å². The molecule has 0 unspecified atom stereocenters. The summed E-state index contributed by atoms with van der Waals surface area (Å²) in [6, 6.07) is 9.98. The average Bonchev–Trinajstić information content (AvgIpc) is 2.88. The van der Waals surface area contributed by atoms with E-state index in [1.807, 2.05) is 30.3 Å². The molecular weight excluding hydrogens is 152 g/mol. The Morgan fingerprint density at radius 2 is 2.08 bits per heavy atom. The van der Waals surface area contributed by atoms with Crippen LogP contribution in [0.4, 0.5) is 0 Å². The standard InChI is InChI=1S/C10H12O2/c11-9(10-7-12-10)6-8-4-2-1-3-5-8/h1-5,9-11H,6-7H2/t9-,10-/m1/s1. The molecule has 1 aromatic rings. The van der Waals surface area contributed by atoms with Gasteiger partial charge in [-0.05, 0) is 5.56 Å². The molecule has 0 aromatic heterocycles. The summed E-state index contributed by atoms with van der Waals surface area (Å²) in [4.78, 5) is 0. The molecule has 0 saturated carbocycles. The molecule has 1 fully saturated rings. The lowest BCUT2D eigenvalue weighted by Crippen LogP contribution is -2.17. The van der Waals surface area contributed by atoms with Gasteiger partial charge in [-0.2, -0.15) is 0 Å². The van der Waals surface area contributed by atoms with Gasteiger partial charge in [0.15, 0.2) is 0 Å². The minimum Gasteiger partial charge on any atom is -0.390 e. The molecule has 0 bridgehead atoms. The molecule has 1 aliphatic heterocycles. The van der Waals surface area contributed by atoms with Crippen molar-refractivity contribution in [1.29, 1.82) is 0 Å². The van der Waals surface area contributed by atoms with Gasteiger partial charge in [0.1, 0.15) is 6.10 Å². The molecule has 64 valence electrons. The number of hydrogen-bond donors (Lipinski definition) is 1. The maximum Gasteiger partial charge on any atom is 0.107 e. The summed E-state index contributed by atoms with van der Waals surface area (Å²) in [5, 5.41) is 9.52. The predicted molar refractivity (Wildman–Crippen MR) is 45.9 cm³/mol. The normalized spacial score (nSPS) is 23.6. The average molecular weight is 164 g/mol. The van der Waals surface area contributed by atoms with E-state index in [2.05, 4.69) is 0 Å². The van der Waals surface area contributed by atoms with Crippen LogP contribution in [0.3, 0.4) is 0 Å². The molecule has 2 heteroatoms. The first kappa shape index (κ1) is 7.77. The van der Waals surface area contributed by atoms with Gasteiger partial charge in [-0.15, -0.1) is 0 Å². The zero-order valence-corrected chi connectivity index (χ0v) is 6.81. The van der Waals surface area contributed by atoms with E-state index >= 15 is 0 Å². The van der Waals surface area contributed by atoms with Crippen molar-refractivity contribution in [3.8, 4) is 0 Å². The van der Waals surface area contributed by atoms with Gasteiger partial charge >= 0.3 is 0 Å². The Labute approximate surface area is 71.8 Å². The van der Waals surface area contributed by atoms with E-state index < -0.39 is 0 Å². The second-order valence-electron chi connectivity index (χ2n) is 3.13. The van der Waals surface area contributed by atoms with Gasteiger partial charge < -0.3 is 9.84 Å². The molecule has 1 aliphatic rings. The monoisotopic (exact) mass is 164 g/mol. The van der Waals surface area contributed by atoms with Crippen LogP contribution in [0.5, 0.6) is 0 Å². The zero-order valence-electron chi connectivity index (χ0n) is 6.81. The second kappa shape index (κ2) is 3.25. The van der Waals surface area contributed by atoms with Gasteiger partial charge in [-0.3, -0.25) is 0 Å². The van der Waals surface area contributed by atoms with Gasteiger partial charge in [-0.25, -0.2) is 0 Å². The minimum atomic E-state index is -0.326. The number of hydrogen-bond acceptors (Lipinski definition) is 2. The summed E-state index contributed by atoms with van der Waals surface area (Å²) in [7, 11) is 0. The maximum atomic E-state index is 9.52. The first-order valence-electron chi connectivity index (χ1n) is 4.20. The number of ether oxygens (including phenoxy) is 1. The van der Waals surface area contributed by atoms with Crippen LogP contribution in [0.2, 0.25) is 0 Å². The lowest BCUT2D eigenvalue weighted by molar-refractivity contribution is 0.135. The summed E-state index contributed by atoms with van der Waals surface area (Å²) in [6.45, 7) is 0.716. The Balaban J connectivity index is 1.94. The molecule has 2 nitrogen and oxygen atoms in total. The van der Waals surface area contributed by atoms with Gasteiger partial charge in [0.25, 0.3) is 0 Å². The molecule has 2 atom stereocenters. The van der Waals surface area contributed by atoms with E-state index in [0.717, 1.165) is 0 Å². The third-order valence-electron chi connectivity index (χ3n) is 2.08. The van der Waals surface area contributed by atoms with Gasteiger partial charge in [0.2, 0.25) is 0 Å².